The van der Waals surface area contributed by atoms with Gasteiger partial charge in [0.2, 0.25) is 0 Å². The van der Waals surface area contributed by atoms with E-state index >= 15 is 0 Å². The van der Waals surface area contributed by atoms with Crippen LogP contribution in [0.3, 0.4) is 0 Å². The summed E-state index contributed by atoms with van der Waals surface area (Å²) in [7, 11) is 0. The SMILES string of the molecule is C[C@@H](NC(=O)/C(C#N)=c1\s/c(=C/c2ccc(-c3cccc(C(F)(F)F)c3)o2)c(=O)n1-c1ccccc1)c1ccccc1. The highest BCUT2D eigenvalue weighted by molar-refractivity contribution is 7.07. The van der Waals surface area contributed by atoms with Crippen molar-refractivity contribution in [3.05, 3.63) is 133 Å². The molecule has 0 saturated heterocycles. The highest BCUT2D eigenvalue weighted by Crippen LogP contribution is 2.32. The van der Waals surface area contributed by atoms with E-state index < -0.39 is 29.2 Å². The molecule has 0 fully saturated rings. The van der Waals surface area contributed by atoms with Crippen LogP contribution >= 0.6 is 11.3 Å². The van der Waals surface area contributed by atoms with Crippen LogP contribution in [0.4, 0.5) is 13.2 Å². The summed E-state index contributed by atoms with van der Waals surface area (Å²) in [5.41, 5.74) is -0.0212. The van der Waals surface area contributed by atoms with E-state index in [0.29, 0.717) is 5.69 Å². The Bertz CT molecular complexity index is 1970. The molecule has 10 heteroatoms. The average Bonchev–Trinajstić information content (AvgIpc) is 3.58. The lowest BCUT2D eigenvalue weighted by Crippen LogP contribution is -2.34. The molecular weight excluding hydrogens is 563 g/mol. The molecule has 1 N–H and O–H groups in total. The first kappa shape index (κ1) is 28.4. The number of nitrogens with zero attached hydrogens (tertiary/aromatic N) is 2. The lowest BCUT2D eigenvalue weighted by Gasteiger charge is -2.13. The number of benzene rings is 3. The van der Waals surface area contributed by atoms with Gasteiger partial charge in [0, 0.05) is 11.6 Å². The van der Waals surface area contributed by atoms with Gasteiger partial charge in [-0.2, -0.15) is 18.4 Å². The van der Waals surface area contributed by atoms with E-state index in [1.165, 1.54) is 34.9 Å². The van der Waals surface area contributed by atoms with E-state index in [0.717, 1.165) is 29.0 Å². The van der Waals surface area contributed by atoms with Gasteiger partial charge < -0.3 is 9.73 Å². The van der Waals surface area contributed by atoms with Crippen molar-refractivity contribution in [3.8, 4) is 23.1 Å². The Balaban J connectivity index is 1.60. The molecule has 42 heavy (non-hydrogen) atoms. The van der Waals surface area contributed by atoms with Crippen LogP contribution in [0.2, 0.25) is 0 Å². The highest BCUT2D eigenvalue weighted by atomic mass is 32.1. The maximum Gasteiger partial charge on any atom is 0.416 e. The predicted molar refractivity (Wildman–Crippen MR) is 154 cm³/mol. The Morgan fingerprint density at radius 1 is 1.00 bits per heavy atom. The standard InChI is InChI=1S/C32H22F3N3O3S/c1-20(21-9-4-2-5-10-21)37-29(39)26(19-36)31-38(24-13-6-3-7-14-24)30(40)28(42-31)18-25-15-16-27(41-25)22-11-8-12-23(17-22)32(33,34)35/h2-18,20H,1H3,(H,37,39)/b28-18+,31-26-/t20-/m1/s1. The summed E-state index contributed by atoms with van der Waals surface area (Å²) in [4.78, 5) is 26.9. The van der Waals surface area contributed by atoms with E-state index in [1.807, 2.05) is 36.4 Å². The number of carbonyl (C=O) groups is 1. The Morgan fingerprint density at radius 3 is 2.36 bits per heavy atom. The molecule has 5 rings (SSSR count). The van der Waals surface area contributed by atoms with Crippen LogP contribution in [0.5, 0.6) is 0 Å². The maximum atomic E-state index is 13.6. The number of rotatable bonds is 6. The quantitative estimate of drug-likeness (QED) is 0.283. The Kier molecular flexibility index (Phi) is 7.95. The fraction of sp³-hybridized carbons (Fsp3) is 0.0938. The van der Waals surface area contributed by atoms with Gasteiger partial charge in [-0.3, -0.25) is 14.2 Å². The molecule has 0 bridgehead atoms. The summed E-state index contributed by atoms with van der Waals surface area (Å²) in [5, 5.41) is 12.9. The first-order chi connectivity index (χ1) is 20.2. The van der Waals surface area contributed by atoms with Gasteiger partial charge in [-0.1, -0.05) is 60.7 Å². The molecule has 1 amide bonds. The van der Waals surface area contributed by atoms with Gasteiger partial charge in [0.25, 0.3) is 11.5 Å². The normalized spacial score (nSPS) is 13.4. The van der Waals surface area contributed by atoms with Gasteiger partial charge in [-0.05, 0) is 48.9 Å². The molecule has 0 unspecified atom stereocenters. The van der Waals surface area contributed by atoms with E-state index in [-0.39, 0.29) is 31.9 Å². The van der Waals surface area contributed by atoms with E-state index in [4.69, 9.17) is 4.42 Å². The number of furan rings is 1. The van der Waals surface area contributed by atoms with Crippen LogP contribution in [-0.4, -0.2) is 10.5 Å². The number of carbonyl (C=O) groups excluding carboxylic acids is 1. The van der Waals surface area contributed by atoms with Crippen LogP contribution in [-0.2, 0) is 11.0 Å². The Morgan fingerprint density at radius 2 is 1.69 bits per heavy atom. The second-order valence-electron chi connectivity index (χ2n) is 9.27. The molecule has 0 saturated carbocycles. The first-order valence-corrected chi connectivity index (χ1v) is 13.5. The van der Waals surface area contributed by atoms with Crippen LogP contribution in [0, 0.1) is 11.3 Å². The predicted octanol–water partition coefficient (Wildman–Crippen LogP) is 5.56. The molecule has 210 valence electrons. The topological polar surface area (TPSA) is 88.0 Å². The lowest BCUT2D eigenvalue weighted by molar-refractivity contribution is -0.137. The van der Waals surface area contributed by atoms with Crippen molar-refractivity contribution in [1.29, 1.82) is 5.26 Å². The van der Waals surface area contributed by atoms with Crippen LogP contribution in [0.25, 0.3) is 28.7 Å². The number of para-hydroxylation sites is 1. The number of nitriles is 1. The fourth-order valence-electron chi connectivity index (χ4n) is 4.31. The number of amides is 1. The van der Waals surface area contributed by atoms with Crippen molar-refractivity contribution >= 4 is 28.9 Å². The molecule has 0 aliphatic rings. The summed E-state index contributed by atoms with van der Waals surface area (Å²) in [6, 6.07) is 27.2. The largest absolute Gasteiger partial charge is 0.457 e. The molecule has 0 aliphatic heterocycles. The van der Waals surface area contributed by atoms with Crippen molar-refractivity contribution in [2.75, 3.05) is 0 Å². The van der Waals surface area contributed by atoms with Crippen molar-refractivity contribution in [2.45, 2.75) is 19.1 Å². The zero-order chi connectivity index (χ0) is 29.9. The van der Waals surface area contributed by atoms with Gasteiger partial charge in [0.15, 0.2) is 5.57 Å². The van der Waals surface area contributed by atoms with Gasteiger partial charge in [0.05, 0.1) is 21.8 Å². The number of hydrogen-bond acceptors (Lipinski definition) is 5. The van der Waals surface area contributed by atoms with Gasteiger partial charge >= 0.3 is 6.18 Å². The lowest BCUT2D eigenvalue weighted by atomic mass is 10.1. The third-order valence-corrected chi connectivity index (χ3v) is 7.50. The minimum absolute atomic E-state index is 0.127. The molecule has 3 aromatic carbocycles. The zero-order valence-corrected chi connectivity index (χ0v) is 22.9. The minimum Gasteiger partial charge on any atom is -0.457 e. The first-order valence-electron chi connectivity index (χ1n) is 12.7. The molecule has 1 atom stereocenters. The second-order valence-corrected chi connectivity index (χ2v) is 10.3. The Labute approximate surface area is 241 Å². The highest BCUT2D eigenvalue weighted by Gasteiger charge is 2.30. The number of halogens is 3. The minimum atomic E-state index is -4.51. The molecule has 0 aliphatic carbocycles. The fourth-order valence-corrected chi connectivity index (χ4v) is 5.40. The molecule has 0 spiro atoms. The second kappa shape index (κ2) is 11.8. The monoisotopic (exact) mass is 585 g/mol. The van der Waals surface area contributed by atoms with Crippen LogP contribution in [0.15, 0.2) is 106 Å². The third kappa shape index (κ3) is 5.96. The van der Waals surface area contributed by atoms with Gasteiger partial charge in [-0.25, -0.2) is 0 Å². The molecule has 6 nitrogen and oxygen atoms in total. The molecular formula is C32H22F3N3O3S. The van der Waals surface area contributed by atoms with Crippen molar-refractivity contribution in [2.24, 2.45) is 0 Å². The molecule has 2 aromatic heterocycles. The van der Waals surface area contributed by atoms with Gasteiger partial charge in [0.1, 0.15) is 22.3 Å². The van der Waals surface area contributed by atoms with E-state index in [9.17, 15) is 28.0 Å². The van der Waals surface area contributed by atoms with Crippen LogP contribution in [0.1, 0.15) is 29.9 Å². The summed E-state index contributed by atoms with van der Waals surface area (Å²) in [6.07, 6.45) is -3.07. The zero-order valence-electron chi connectivity index (χ0n) is 22.1. The summed E-state index contributed by atoms with van der Waals surface area (Å²) in [6.45, 7) is 1.79. The van der Waals surface area contributed by atoms with Crippen molar-refractivity contribution in [3.63, 3.8) is 0 Å². The van der Waals surface area contributed by atoms with E-state index in [2.05, 4.69) is 5.32 Å². The number of alkyl halides is 3. The summed E-state index contributed by atoms with van der Waals surface area (Å²) < 4.78 is 46.9. The number of hydrogen-bond donors (Lipinski definition) is 1. The average molecular weight is 586 g/mol. The summed E-state index contributed by atoms with van der Waals surface area (Å²) >= 11 is 0.936. The molecule has 0 radical (unpaired) electrons. The Hall–Kier alpha value is -5.14. The number of thiazole rings is 1. The van der Waals surface area contributed by atoms with Crippen molar-refractivity contribution < 1.29 is 22.4 Å². The molecule has 2 heterocycles. The maximum absolute atomic E-state index is 13.6. The summed E-state index contributed by atoms with van der Waals surface area (Å²) in [5.74, 6) is -0.240. The van der Waals surface area contributed by atoms with Crippen LogP contribution < -0.4 is 20.1 Å². The van der Waals surface area contributed by atoms with Gasteiger partial charge in [-0.15, -0.1) is 11.3 Å². The van der Waals surface area contributed by atoms with E-state index in [1.54, 1.807) is 37.3 Å². The smallest absolute Gasteiger partial charge is 0.416 e. The third-order valence-electron chi connectivity index (χ3n) is 6.41. The van der Waals surface area contributed by atoms with Crippen molar-refractivity contribution in [1.82, 2.24) is 9.88 Å². The molecule has 5 aromatic rings. The number of aromatic nitrogens is 1. The number of nitrogens with one attached hydrogen (secondary N) is 1.